The molecule has 0 heterocycles. The molecule has 0 rings (SSSR count). The smallest absolute Gasteiger partial charge is 0.0158 e. The van der Waals surface area contributed by atoms with Gasteiger partial charge in [0.15, 0.2) is 0 Å². The molecule has 1 nitrogen and oxygen atoms in total. The quantitative estimate of drug-likeness (QED) is 0.533. The van der Waals surface area contributed by atoms with Crippen molar-refractivity contribution in [2.45, 2.75) is 98.1 Å². The molecule has 0 atom stereocenters. The molecule has 0 spiro atoms. The van der Waals surface area contributed by atoms with Crippen LogP contribution in [-0.4, -0.2) is 22.5 Å². The zero-order valence-electron chi connectivity index (χ0n) is 13.4. The van der Waals surface area contributed by atoms with Crippen LogP contribution in [0.5, 0.6) is 0 Å². The summed E-state index contributed by atoms with van der Waals surface area (Å²) < 4.78 is 0. The first kappa shape index (κ1) is 17.0. The van der Waals surface area contributed by atoms with Gasteiger partial charge in [0.25, 0.3) is 0 Å². The van der Waals surface area contributed by atoms with Crippen LogP contribution < -0.4 is 0 Å². The van der Waals surface area contributed by atoms with Crippen LogP contribution in [0, 0.1) is 0 Å². The number of unbranched alkanes of at least 4 members (excludes halogenated alkanes) is 1. The van der Waals surface area contributed by atoms with E-state index in [1.54, 1.807) is 0 Å². The van der Waals surface area contributed by atoms with E-state index in [9.17, 15) is 0 Å². The fourth-order valence-corrected chi connectivity index (χ4v) is 3.23. The molecule has 0 aliphatic heterocycles. The molecule has 0 amide bonds. The normalized spacial score (nSPS) is 13.4. The van der Waals surface area contributed by atoms with E-state index in [0.717, 1.165) is 0 Å². The van der Waals surface area contributed by atoms with Gasteiger partial charge in [0.2, 0.25) is 0 Å². The van der Waals surface area contributed by atoms with Crippen molar-refractivity contribution in [2.24, 2.45) is 0 Å². The topological polar surface area (TPSA) is 3.24 Å². The Morgan fingerprint density at radius 3 is 1.41 bits per heavy atom. The largest absolute Gasteiger partial charge is 0.293 e. The summed E-state index contributed by atoms with van der Waals surface area (Å²) in [6, 6.07) is 0. The molecule has 0 bridgehead atoms. The summed E-state index contributed by atoms with van der Waals surface area (Å²) in [5.74, 6) is 0. The summed E-state index contributed by atoms with van der Waals surface area (Å²) in [6.07, 6.45) is 7.75. The fraction of sp³-hybridized carbons (Fsp3) is 1.00. The van der Waals surface area contributed by atoms with Crippen LogP contribution in [0.25, 0.3) is 0 Å². The van der Waals surface area contributed by atoms with Crippen LogP contribution in [0.15, 0.2) is 0 Å². The van der Waals surface area contributed by atoms with E-state index >= 15 is 0 Å². The zero-order valence-corrected chi connectivity index (χ0v) is 13.4. The van der Waals surface area contributed by atoms with Crippen LogP contribution in [0.1, 0.15) is 87.0 Å². The van der Waals surface area contributed by atoms with E-state index in [4.69, 9.17) is 0 Å². The highest BCUT2D eigenvalue weighted by Crippen LogP contribution is 2.32. The Bertz CT molecular complexity index is 176. The third-order valence-corrected chi connectivity index (χ3v) is 3.92. The number of hydrogen-bond acceptors (Lipinski definition) is 1. The van der Waals surface area contributed by atoms with Crippen LogP contribution >= 0.6 is 0 Å². The minimum absolute atomic E-state index is 0.336. The highest BCUT2D eigenvalue weighted by atomic mass is 15.2. The third-order valence-electron chi connectivity index (χ3n) is 3.92. The molecule has 0 N–H and O–H groups in total. The van der Waals surface area contributed by atoms with Crippen molar-refractivity contribution in [3.8, 4) is 0 Å². The molecule has 104 valence electrons. The minimum atomic E-state index is 0.336. The van der Waals surface area contributed by atoms with E-state index in [-0.39, 0.29) is 0 Å². The van der Waals surface area contributed by atoms with Gasteiger partial charge in [-0.25, -0.2) is 0 Å². The second-order valence-corrected chi connectivity index (χ2v) is 6.63. The van der Waals surface area contributed by atoms with Gasteiger partial charge in [0.05, 0.1) is 0 Å². The number of nitrogens with zero attached hydrogens (tertiary/aromatic N) is 1. The Morgan fingerprint density at radius 2 is 1.12 bits per heavy atom. The second kappa shape index (κ2) is 7.41. The summed E-state index contributed by atoms with van der Waals surface area (Å²) in [4.78, 5) is 2.76. The van der Waals surface area contributed by atoms with Gasteiger partial charge >= 0.3 is 0 Å². The van der Waals surface area contributed by atoms with E-state index in [1.165, 1.54) is 45.1 Å². The Morgan fingerprint density at radius 1 is 0.706 bits per heavy atom. The van der Waals surface area contributed by atoms with Crippen molar-refractivity contribution in [3.05, 3.63) is 0 Å². The summed E-state index contributed by atoms with van der Waals surface area (Å²) in [6.45, 7) is 17.8. The molecule has 1 heteroatoms. The van der Waals surface area contributed by atoms with Gasteiger partial charge in [-0.15, -0.1) is 0 Å². The number of rotatable bonds is 9. The van der Waals surface area contributed by atoms with Gasteiger partial charge < -0.3 is 0 Å². The molecule has 0 aromatic heterocycles. The van der Waals surface area contributed by atoms with Crippen molar-refractivity contribution in [2.75, 3.05) is 6.54 Å². The lowest BCUT2D eigenvalue weighted by Crippen LogP contribution is -2.55. The number of hydrogen-bond donors (Lipinski definition) is 0. The third kappa shape index (κ3) is 5.42. The van der Waals surface area contributed by atoms with Crippen molar-refractivity contribution in [3.63, 3.8) is 0 Å². The summed E-state index contributed by atoms with van der Waals surface area (Å²) in [7, 11) is 0. The standard InChI is InChI=1S/C16H35N/c1-8-11-14-17(15(4,5)12-9-2)16(6,7)13-10-3/h8-14H2,1-7H3. The predicted molar refractivity (Wildman–Crippen MR) is 79.6 cm³/mol. The van der Waals surface area contributed by atoms with Gasteiger partial charge in [-0.3, -0.25) is 4.90 Å². The van der Waals surface area contributed by atoms with Crippen molar-refractivity contribution in [1.29, 1.82) is 0 Å². The Hall–Kier alpha value is -0.0400. The maximum absolute atomic E-state index is 2.76. The molecule has 0 saturated carbocycles. The summed E-state index contributed by atoms with van der Waals surface area (Å²) >= 11 is 0. The molecule has 0 aliphatic carbocycles. The molecule has 0 fully saturated rings. The van der Waals surface area contributed by atoms with Gasteiger partial charge in [-0.05, 0) is 53.5 Å². The molecule has 0 saturated heterocycles. The lowest BCUT2D eigenvalue weighted by atomic mass is 9.86. The van der Waals surface area contributed by atoms with Crippen molar-refractivity contribution < 1.29 is 0 Å². The first-order valence-electron chi connectivity index (χ1n) is 7.59. The maximum Gasteiger partial charge on any atom is 0.0158 e. The van der Waals surface area contributed by atoms with Crippen LogP contribution in [0.4, 0.5) is 0 Å². The summed E-state index contributed by atoms with van der Waals surface area (Å²) in [5, 5.41) is 0. The first-order chi connectivity index (χ1) is 7.81. The molecular formula is C16H35N. The van der Waals surface area contributed by atoms with Crippen molar-refractivity contribution in [1.82, 2.24) is 4.90 Å². The molecule has 0 unspecified atom stereocenters. The van der Waals surface area contributed by atoms with Gasteiger partial charge in [-0.1, -0.05) is 40.0 Å². The second-order valence-electron chi connectivity index (χ2n) is 6.63. The van der Waals surface area contributed by atoms with E-state index in [2.05, 4.69) is 53.4 Å². The van der Waals surface area contributed by atoms with E-state index in [0.29, 0.717) is 11.1 Å². The van der Waals surface area contributed by atoms with E-state index in [1.807, 2.05) is 0 Å². The van der Waals surface area contributed by atoms with Gasteiger partial charge in [-0.2, -0.15) is 0 Å². The Balaban J connectivity index is 4.84. The lowest BCUT2D eigenvalue weighted by Gasteiger charge is -2.49. The average Bonchev–Trinajstić information content (AvgIpc) is 2.17. The monoisotopic (exact) mass is 241 g/mol. The van der Waals surface area contributed by atoms with Gasteiger partial charge in [0.1, 0.15) is 0 Å². The van der Waals surface area contributed by atoms with Crippen LogP contribution in [0.2, 0.25) is 0 Å². The highest BCUT2D eigenvalue weighted by molar-refractivity contribution is 4.91. The SMILES string of the molecule is CCCCN(C(C)(C)CCC)C(C)(C)CCC. The first-order valence-corrected chi connectivity index (χ1v) is 7.59. The minimum Gasteiger partial charge on any atom is -0.293 e. The lowest BCUT2D eigenvalue weighted by molar-refractivity contribution is 0.00392. The Kier molecular flexibility index (Phi) is 7.39. The molecule has 0 aliphatic rings. The maximum atomic E-state index is 2.76. The molecular weight excluding hydrogens is 206 g/mol. The fourth-order valence-electron chi connectivity index (χ4n) is 3.23. The zero-order chi connectivity index (χ0) is 13.5. The average molecular weight is 241 g/mol. The highest BCUT2D eigenvalue weighted by Gasteiger charge is 2.35. The predicted octanol–water partition coefficient (Wildman–Crippen LogP) is 5.25. The Labute approximate surface area is 110 Å². The van der Waals surface area contributed by atoms with Crippen LogP contribution in [0.3, 0.4) is 0 Å². The van der Waals surface area contributed by atoms with Crippen LogP contribution in [-0.2, 0) is 0 Å². The van der Waals surface area contributed by atoms with Crippen molar-refractivity contribution >= 4 is 0 Å². The van der Waals surface area contributed by atoms with E-state index < -0.39 is 0 Å². The molecule has 17 heavy (non-hydrogen) atoms. The van der Waals surface area contributed by atoms with Gasteiger partial charge in [0, 0.05) is 11.1 Å². The molecule has 0 aromatic carbocycles. The molecule has 0 aromatic rings. The summed E-state index contributed by atoms with van der Waals surface area (Å²) in [5.41, 5.74) is 0.672. The molecule has 0 radical (unpaired) electrons.